The Bertz CT molecular complexity index is 1360. The number of hydrogen-bond acceptors (Lipinski definition) is 4. The fourth-order valence-corrected chi connectivity index (χ4v) is 5.22. The summed E-state index contributed by atoms with van der Waals surface area (Å²) in [4.78, 5) is 28.9. The van der Waals surface area contributed by atoms with Crippen molar-refractivity contribution in [1.29, 1.82) is 0 Å². The molecule has 3 aromatic carbocycles. The molecule has 0 saturated heterocycles. The molecule has 3 rings (SSSR count). The predicted molar refractivity (Wildman–Crippen MR) is 152 cm³/mol. The molecule has 0 bridgehead atoms. The summed E-state index contributed by atoms with van der Waals surface area (Å²) in [6.07, 6.45) is 1.39. The monoisotopic (exact) mass is 535 g/mol. The summed E-state index contributed by atoms with van der Waals surface area (Å²) in [7, 11) is -3.79. The summed E-state index contributed by atoms with van der Waals surface area (Å²) in [5, 5.41) is 2.86. The van der Waals surface area contributed by atoms with Gasteiger partial charge in [0.05, 0.1) is 11.9 Å². The van der Waals surface area contributed by atoms with Crippen molar-refractivity contribution in [3.8, 4) is 0 Å². The molecule has 3 aromatic rings. The predicted octanol–water partition coefficient (Wildman–Crippen LogP) is 4.15. The molecule has 0 spiro atoms. The van der Waals surface area contributed by atoms with Crippen LogP contribution in [0.25, 0.3) is 0 Å². The Hall–Kier alpha value is -3.65. The Morgan fingerprint density at radius 2 is 1.50 bits per heavy atom. The van der Waals surface area contributed by atoms with Gasteiger partial charge in [-0.05, 0) is 56.0 Å². The number of amides is 2. The summed E-state index contributed by atoms with van der Waals surface area (Å²) in [5.74, 6) is -0.737. The molecule has 0 radical (unpaired) electrons. The Morgan fingerprint density at radius 1 is 0.868 bits per heavy atom. The third-order valence-electron chi connectivity index (χ3n) is 6.41. The van der Waals surface area contributed by atoms with Crippen molar-refractivity contribution in [3.05, 3.63) is 101 Å². The molecule has 0 heterocycles. The average Bonchev–Trinajstić information content (AvgIpc) is 2.87. The van der Waals surface area contributed by atoms with E-state index in [2.05, 4.69) is 5.32 Å². The van der Waals surface area contributed by atoms with Crippen molar-refractivity contribution in [2.75, 3.05) is 23.7 Å². The van der Waals surface area contributed by atoms with Gasteiger partial charge in [-0.3, -0.25) is 13.9 Å². The number of carbonyl (C=O) groups excluding carboxylic acids is 2. The minimum absolute atomic E-state index is 0.165. The molecule has 202 valence electrons. The second-order valence-corrected chi connectivity index (χ2v) is 11.6. The van der Waals surface area contributed by atoms with Gasteiger partial charge in [0, 0.05) is 19.5 Å². The maximum atomic E-state index is 14.0. The van der Waals surface area contributed by atoms with Gasteiger partial charge in [-0.15, -0.1) is 0 Å². The lowest BCUT2D eigenvalue weighted by Gasteiger charge is -2.33. The number of sulfonamides is 1. The van der Waals surface area contributed by atoms with Crippen LogP contribution < -0.4 is 9.62 Å². The van der Waals surface area contributed by atoms with Gasteiger partial charge in [0.15, 0.2) is 0 Å². The highest BCUT2D eigenvalue weighted by Crippen LogP contribution is 2.25. The molecule has 1 N–H and O–H groups in total. The largest absolute Gasteiger partial charge is 0.355 e. The molecule has 1 unspecified atom stereocenters. The fourth-order valence-electron chi connectivity index (χ4n) is 4.32. The van der Waals surface area contributed by atoms with Crippen LogP contribution in [-0.2, 0) is 32.6 Å². The van der Waals surface area contributed by atoms with Crippen molar-refractivity contribution in [2.45, 2.75) is 46.7 Å². The van der Waals surface area contributed by atoms with Crippen molar-refractivity contribution in [1.82, 2.24) is 10.2 Å². The third-order valence-corrected chi connectivity index (χ3v) is 7.53. The topological polar surface area (TPSA) is 86.8 Å². The zero-order valence-electron chi connectivity index (χ0n) is 22.8. The number of hydrogen-bond donors (Lipinski definition) is 1. The van der Waals surface area contributed by atoms with Crippen LogP contribution in [0.3, 0.4) is 0 Å². The Labute approximate surface area is 226 Å². The molecule has 7 nitrogen and oxygen atoms in total. The van der Waals surface area contributed by atoms with Crippen LogP contribution in [0.5, 0.6) is 0 Å². The molecule has 8 heteroatoms. The normalized spacial score (nSPS) is 12.0. The van der Waals surface area contributed by atoms with Gasteiger partial charge in [-0.2, -0.15) is 0 Å². The highest BCUT2D eigenvalue weighted by Gasteiger charge is 2.33. The summed E-state index contributed by atoms with van der Waals surface area (Å²) in [6, 6.07) is 21.9. The first-order valence-corrected chi connectivity index (χ1v) is 14.6. The van der Waals surface area contributed by atoms with Gasteiger partial charge in [0.25, 0.3) is 0 Å². The van der Waals surface area contributed by atoms with Crippen LogP contribution in [-0.4, -0.2) is 50.5 Å². The van der Waals surface area contributed by atoms with Crippen LogP contribution >= 0.6 is 0 Å². The number of carbonyl (C=O) groups is 2. The quantitative estimate of drug-likeness (QED) is 0.400. The first kappa shape index (κ1) is 28.9. The van der Waals surface area contributed by atoms with Gasteiger partial charge in [-0.25, -0.2) is 8.42 Å². The summed E-state index contributed by atoms with van der Waals surface area (Å²) >= 11 is 0. The maximum absolute atomic E-state index is 14.0. The molecule has 2 amide bonds. The van der Waals surface area contributed by atoms with Gasteiger partial charge >= 0.3 is 0 Å². The van der Waals surface area contributed by atoms with E-state index in [1.54, 1.807) is 6.07 Å². The van der Waals surface area contributed by atoms with Gasteiger partial charge in [0.1, 0.15) is 12.6 Å². The van der Waals surface area contributed by atoms with E-state index in [-0.39, 0.29) is 12.5 Å². The smallest absolute Gasteiger partial charge is 0.244 e. The molecule has 0 saturated carbocycles. The number of anilines is 1. The number of nitrogens with one attached hydrogen (secondary N) is 1. The SMILES string of the molecule is CCNC(=O)C(Cc1ccccc1)N(Cc1ccc(C)cc1)C(=O)CN(c1cc(C)ccc1C)S(C)(=O)=O. The van der Waals surface area contributed by atoms with Crippen LogP contribution in [0.15, 0.2) is 72.8 Å². The van der Waals surface area contributed by atoms with E-state index in [4.69, 9.17) is 0 Å². The highest BCUT2D eigenvalue weighted by atomic mass is 32.2. The standard InChI is InChI=1S/C30H37N3O4S/c1-6-31-30(35)28(19-25-10-8-7-9-11-25)32(20-26-16-13-22(2)14-17-26)29(34)21-33(38(5,36)37)27-18-23(3)12-15-24(27)4/h7-18,28H,6,19-21H2,1-5H3,(H,31,35). The molecule has 0 aromatic heterocycles. The van der Waals surface area contributed by atoms with E-state index in [0.29, 0.717) is 18.7 Å². The number of likely N-dealkylation sites (N-methyl/N-ethyl adjacent to an activating group) is 1. The zero-order valence-corrected chi connectivity index (χ0v) is 23.6. The maximum Gasteiger partial charge on any atom is 0.244 e. The van der Waals surface area contributed by atoms with Crippen LogP contribution in [0.1, 0.15) is 34.7 Å². The molecule has 0 aliphatic heterocycles. The zero-order chi connectivity index (χ0) is 27.9. The molecular weight excluding hydrogens is 498 g/mol. The van der Waals surface area contributed by atoms with Gasteiger partial charge < -0.3 is 10.2 Å². The minimum Gasteiger partial charge on any atom is -0.355 e. The number of aryl methyl sites for hydroxylation is 3. The van der Waals surface area contributed by atoms with Crippen molar-refractivity contribution in [2.24, 2.45) is 0 Å². The third kappa shape index (κ3) is 7.68. The van der Waals surface area contributed by atoms with Crippen molar-refractivity contribution >= 4 is 27.5 Å². The van der Waals surface area contributed by atoms with E-state index in [9.17, 15) is 18.0 Å². The summed E-state index contributed by atoms with van der Waals surface area (Å²) in [6.45, 7) is 7.66. The van der Waals surface area contributed by atoms with E-state index in [1.807, 2.05) is 94.4 Å². The Morgan fingerprint density at radius 3 is 2.11 bits per heavy atom. The molecule has 38 heavy (non-hydrogen) atoms. The van der Waals surface area contributed by atoms with Gasteiger partial charge in [0.2, 0.25) is 21.8 Å². The first-order valence-electron chi connectivity index (χ1n) is 12.7. The molecule has 0 aliphatic rings. The molecular formula is C30H37N3O4S. The lowest BCUT2D eigenvalue weighted by atomic mass is 10.0. The number of benzene rings is 3. The highest BCUT2D eigenvalue weighted by molar-refractivity contribution is 7.92. The number of rotatable bonds is 11. The molecule has 0 aliphatic carbocycles. The van der Waals surface area contributed by atoms with Crippen LogP contribution in [0.4, 0.5) is 5.69 Å². The second kappa shape index (κ2) is 12.7. The van der Waals surface area contributed by atoms with Crippen molar-refractivity contribution in [3.63, 3.8) is 0 Å². The van der Waals surface area contributed by atoms with E-state index in [1.165, 1.54) is 4.90 Å². The number of nitrogens with zero attached hydrogens (tertiary/aromatic N) is 2. The van der Waals surface area contributed by atoms with E-state index in [0.717, 1.165) is 38.4 Å². The van der Waals surface area contributed by atoms with E-state index < -0.39 is 28.5 Å². The van der Waals surface area contributed by atoms with Crippen molar-refractivity contribution < 1.29 is 18.0 Å². The lowest BCUT2D eigenvalue weighted by Crippen LogP contribution is -2.53. The Balaban J connectivity index is 2.06. The van der Waals surface area contributed by atoms with Crippen LogP contribution in [0, 0.1) is 20.8 Å². The fraction of sp³-hybridized carbons (Fsp3) is 0.333. The molecule has 0 fully saturated rings. The van der Waals surface area contributed by atoms with E-state index >= 15 is 0 Å². The van der Waals surface area contributed by atoms with Crippen LogP contribution in [0.2, 0.25) is 0 Å². The Kier molecular flexibility index (Phi) is 9.69. The summed E-state index contributed by atoms with van der Waals surface area (Å²) in [5.41, 5.74) is 4.91. The molecule has 1 atom stereocenters. The van der Waals surface area contributed by atoms with Gasteiger partial charge in [-0.1, -0.05) is 72.3 Å². The second-order valence-electron chi connectivity index (χ2n) is 9.67. The summed E-state index contributed by atoms with van der Waals surface area (Å²) < 4.78 is 27.0. The minimum atomic E-state index is -3.79. The lowest BCUT2D eigenvalue weighted by molar-refractivity contribution is -0.140. The average molecular weight is 536 g/mol. The first-order chi connectivity index (χ1) is 18.0.